The van der Waals surface area contributed by atoms with Crippen LogP contribution in [0.5, 0.6) is 0 Å². The fraction of sp³-hybridized carbons (Fsp3) is 0.714. The molecular formula is C14H23Cl2N3O2S. The predicted molar refractivity (Wildman–Crippen MR) is 92.4 cm³/mol. The van der Waals surface area contributed by atoms with E-state index in [0.717, 1.165) is 30.8 Å². The van der Waals surface area contributed by atoms with Crippen LogP contribution >= 0.6 is 36.2 Å². The Labute approximate surface area is 147 Å². The minimum atomic E-state index is -0.340. The lowest BCUT2D eigenvalue weighted by Crippen LogP contribution is -2.49. The second kappa shape index (κ2) is 8.45. The third kappa shape index (κ3) is 3.92. The second-order valence-electron chi connectivity index (χ2n) is 5.46. The molecule has 1 aromatic heterocycles. The number of ether oxygens (including phenoxy) is 1. The molecule has 1 aliphatic heterocycles. The number of amides is 1. The molecular weight excluding hydrogens is 345 g/mol. The first-order chi connectivity index (χ1) is 9.66. The van der Waals surface area contributed by atoms with Crippen LogP contribution < -0.4 is 5.32 Å². The number of aryl methyl sites for hydroxylation is 2. The SMILES string of the molecule is Cc1nc2c(s1)C(N(C)C(=O)C1CNCCO1)CCC2.Cl.Cl. The average Bonchev–Trinajstić information content (AvgIpc) is 2.86. The zero-order valence-corrected chi connectivity index (χ0v) is 15.3. The van der Waals surface area contributed by atoms with E-state index in [1.165, 1.54) is 10.6 Å². The van der Waals surface area contributed by atoms with Gasteiger partial charge in [0.25, 0.3) is 5.91 Å². The van der Waals surface area contributed by atoms with Crippen LogP contribution in [0.2, 0.25) is 0 Å². The summed E-state index contributed by atoms with van der Waals surface area (Å²) in [6.45, 7) is 4.09. The maximum atomic E-state index is 12.6. The Morgan fingerprint density at radius 2 is 2.23 bits per heavy atom. The number of morpholine rings is 1. The molecule has 2 atom stereocenters. The van der Waals surface area contributed by atoms with Crippen molar-refractivity contribution in [3.05, 3.63) is 15.6 Å². The molecule has 126 valence electrons. The van der Waals surface area contributed by atoms with Crippen LogP contribution in [-0.2, 0) is 16.0 Å². The predicted octanol–water partition coefficient (Wildman–Crippen LogP) is 2.12. The molecule has 1 N–H and O–H groups in total. The smallest absolute Gasteiger partial charge is 0.253 e. The normalized spacial score (nSPS) is 23.7. The van der Waals surface area contributed by atoms with E-state index in [9.17, 15) is 4.79 Å². The molecule has 2 heterocycles. The number of nitrogens with one attached hydrogen (secondary N) is 1. The van der Waals surface area contributed by atoms with Crippen LogP contribution in [0.3, 0.4) is 0 Å². The molecule has 1 saturated heterocycles. The van der Waals surface area contributed by atoms with Gasteiger partial charge >= 0.3 is 0 Å². The lowest BCUT2D eigenvalue weighted by atomic mass is 9.96. The highest BCUT2D eigenvalue weighted by atomic mass is 35.5. The molecule has 0 bridgehead atoms. The van der Waals surface area contributed by atoms with Crippen molar-refractivity contribution in [1.82, 2.24) is 15.2 Å². The zero-order chi connectivity index (χ0) is 14.1. The quantitative estimate of drug-likeness (QED) is 0.869. The molecule has 0 spiro atoms. The first-order valence-electron chi connectivity index (χ1n) is 7.22. The molecule has 3 rings (SSSR count). The summed E-state index contributed by atoms with van der Waals surface area (Å²) in [7, 11) is 1.90. The van der Waals surface area contributed by atoms with E-state index in [-0.39, 0.29) is 42.9 Å². The van der Waals surface area contributed by atoms with E-state index in [4.69, 9.17) is 4.74 Å². The number of aromatic nitrogens is 1. The molecule has 1 aliphatic carbocycles. The maximum Gasteiger partial charge on any atom is 0.253 e. The lowest BCUT2D eigenvalue weighted by molar-refractivity contribution is -0.146. The molecule has 0 radical (unpaired) electrons. The first kappa shape index (κ1) is 19.6. The number of fused-ring (bicyclic) bond motifs is 1. The Kier molecular flexibility index (Phi) is 7.55. The third-order valence-corrected chi connectivity index (χ3v) is 5.16. The summed E-state index contributed by atoms with van der Waals surface area (Å²) in [4.78, 5) is 20.3. The van der Waals surface area contributed by atoms with Crippen LogP contribution in [0.25, 0.3) is 0 Å². The Morgan fingerprint density at radius 1 is 1.45 bits per heavy atom. The summed E-state index contributed by atoms with van der Waals surface area (Å²) in [5, 5.41) is 4.31. The molecule has 1 aromatic rings. The number of likely N-dealkylation sites (N-methyl/N-ethyl adjacent to an activating group) is 1. The van der Waals surface area contributed by atoms with Crippen LogP contribution in [0.4, 0.5) is 0 Å². The third-order valence-electron chi connectivity index (χ3n) is 4.05. The molecule has 2 aliphatic rings. The van der Waals surface area contributed by atoms with Crippen molar-refractivity contribution in [3.8, 4) is 0 Å². The maximum absolute atomic E-state index is 12.6. The van der Waals surface area contributed by atoms with Gasteiger partial charge in [0.1, 0.15) is 6.10 Å². The number of hydrogen-bond donors (Lipinski definition) is 1. The average molecular weight is 368 g/mol. The Hall–Kier alpha value is -0.400. The first-order valence-corrected chi connectivity index (χ1v) is 8.03. The van der Waals surface area contributed by atoms with Gasteiger partial charge in [-0.2, -0.15) is 0 Å². The monoisotopic (exact) mass is 367 g/mol. The van der Waals surface area contributed by atoms with Crippen molar-refractivity contribution in [1.29, 1.82) is 0 Å². The van der Waals surface area contributed by atoms with Crippen LogP contribution in [0.1, 0.15) is 34.5 Å². The minimum Gasteiger partial charge on any atom is -0.366 e. The summed E-state index contributed by atoms with van der Waals surface area (Å²) in [6, 6.07) is 0.169. The van der Waals surface area contributed by atoms with Crippen molar-refractivity contribution in [3.63, 3.8) is 0 Å². The second-order valence-corrected chi connectivity index (χ2v) is 6.70. The molecule has 2 unspecified atom stereocenters. The minimum absolute atomic E-state index is 0. The van der Waals surface area contributed by atoms with E-state index in [0.29, 0.717) is 13.2 Å². The summed E-state index contributed by atoms with van der Waals surface area (Å²) < 4.78 is 5.58. The highest BCUT2D eigenvalue weighted by Gasteiger charge is 2.33. The molecule has 5 nitrogen and oxygen atoms in total. The van der Waals surface area contributed by atoms with Crippen LogP contribution in [0, 0.1) is 6.92 Å². The number of hydrogen-bond acceptors (Lipinski definition) is 5. The van der Waals surface area contributed by atoms with Crippen molar-refractivity contribution < 1.29 is 9.53 Å². The molecule has 0 saturated carbocycles. The van der Waals surface area contributed by atoms with Gasteiger partial charge in [-0.05, 0) is 26.2 Å². The van der Waals surface area contributed by atoms with E-state index in [2.05, 4.69) is 10.3 Å². The number of halogens is 2. The van der Waals surface area contributed by atoms with Crippen molar-refractivity contribution in [2.45, 2.75) is 38.3 Å². The van der Waals surface area contributed by atoms with Gasteiger partial charge in [-0.25, -0.2) is 4.98 Å². The van der Waals surface area contributed by atoms with Crippen molar-refractivity contribution >= 4 is 42.1 Å². The summed E-state index contributed by atoms with van der Waals surface area (Å²) >= 11 is 1.73. The fourth-order valence-corrected chi connectivity index (χ4v) is 4.15. The fourth-order valence-electron chi connectivity index (χ4n) is 2.99. The molecule has 22 heavy (non-hydrogen) atoms. The number of carbonyl (C=O) groups excluding carboxylic acids is 1. The molecule has 1 amide bonds. The Bertz CT molecular complexity index is 506. The van der Waals surface area contributed by atoms with Crippen molar-refractivity contribution in [2.75, 3.05) is 26.7 Å². The van der Waals surface area contributed by atoms with Crippen LogP contribution in [0.15, 0.2) is 0 Å². The highest BCUT2D eigenvalue weighted by molar-refractivity contribution is 7.11. The van der Waals surface area contributed by atoms with Gasteiger partial charge in [0.15, 0.2) is 0 Å². The topological polar surface area (TPSA) is 54.5 Å². The standard InChI is InChI=1S/C14H21N3O2S.2ClH/c1-9-16-10-4-3-5-11(13(10)20-9)17(2)14(18)12-8-15-6-7-19-12;;/h11-12,15H,3-8H2,1-2H3;2*1H. The van der Waals surface area contributed by atoms with Crippen LogP contribution in [-0.4, -0.2) is 48.6 Å². The number of carbonyl (C=O) groups is 1. The molecule has 8 heteroatoms. The lowest BCUT2D eigenvalue weighted by Gasteiger charge is -2.34. The number of rotatable bonds is 2. The molecule has 0 aromatic carbocycles. The van der Waals surface area contributed by atoms with Gasteiger partial charge in [0, 0.05) is 20.1 Å². The summed E-state index contributed by atoms with van der Waals surface area (Å²) in [5.74, 6) is 0.0844. The van der Waals surface area contributed by atoms with Gasteiger partial charge in [-0.3, -0.25) is 4.79 Å². The largest absolute Gasteiger partial charge is 0.366 e. The van der Waals surface area contributed by atoms with Gasteiger partial charge in [0.05, 0.1) is 28.2 Å². The van der Waals surface area contributed by atoms with E-state index < -0.39 is 0 Å². The van der Waals surface area contributed by atoms with E-state index in [1.807, 2.05) is 18.9 Å². The van der Waals surface area contributed by atoms with Gasteiger partial charge in [-0.1, -0.05) is 0 Å². The van der Waals surface area contributed by atoms with E-state index in [1.54, 1.807) is 11.3 Å². The Morgan fingerprint density at radius 3 is 2.91 bits per heavy atom. The van der Waals surface area contributed by atoms with Gasteiger partial charge < -0.3 is 15.0 Å². The zero-order valence-electron chi connectivity index (χ0n) is 12.8. The van der Waals surface area contributed by atoms with Crippen molar-refractivity contribution in [2.24, 2.45) is 0 Å². The van der Waals surface area contributed by atoms with E-state index >= 15 is 0 Å². The molecule has 1 fully saturated rings. The summed E-state index contributed by atoms with van der Waals surface area (Å²) in [6.07, 6.45) is 2.83. The van der Waals surface area contributed by atoms with Gasteiger partial charge in [-0.15, -0.1) is 36.2 Å². The highest BCUT2D eigenvalue weighted by Crippen LogP contribution is 2.37. The Balaban J connectivity index is 0.00000121. The summed E-state index contributed by atoms with van der Waals surface area (Å²) in [5.41, 5.74) is 1.19. The van der Waals surface area contributed by atoms with Gasteiger partial charge in [0.2, 0.25) is 0 Å². The number of nitrogens with zero attached hydrogens (tertiary/aromatic N) is 2. The number of thiazole rings is 1.